The van der Waals surface area contributed by atoms with E-state index in [0.717, 1.165) is 29.8 Å². The van der Waals surface area contributed by atoms with E-state index in [1.54, 1.807) is 33.8 Å². The number of hydrogen-bond acceptors (Lipinski definition) is 7. The molecule has 34 heavy (non-hydrogen) atoms. The van der Waals surface area contributed by atoms with E-state index in [2.05, 4.69) is 10.1 Å². The molecule has 1 aliphatic carbocycles. The first-order valence-corrected chi connectivity index (χ1v) is 11.4. The number of rotatable bonds is 4. The summed E-state index contributed by atoms with van der Waals surface area (Å²) in [5.41, 5.74) is 3.07. The monoisotopic (exact) mass is 460 g/mol. The molecule has 0 bridgehead atoms. The zero-order valence-electron chi connectivity index (χ0n) is 18.8. The number of aromatic nitrogens is 4. The summed E-state index contributed by atoms with van der Waals surface area (Å²) >= 11 is 0. The molecule has 6 rings (SSSR count). The number of carbonyl (C=O) groups excluding carboxylic acids is 2. The highest BCUT2D eigenvalue weighted by atomic mass is 16.7. The van der Waals surface area contributed by atoms with Crippen LogP contribution in [0.15, 0.2) is 36.7 Å². The molecule has 0 unspecified atom stereocenters. The SMILES string of the molecule is CC(=O)N1CCN(C(=O)c2cnn(-c3nccc(-c4ccc5c(c4)OCO5)n3)c2C2CC2)CC1. The Morgan fingerprint density at radius 2 is 1.76 bits per heavy atom. The van der Waals surface area contributed by atoms with Crippen molar-refractivity contribution < 1.29 is 19.1 Å². The summed E-state index contributed by atoms with van der Waals surface area (Å²) in [6.45, 7) is 3.91. The molecule has 0 radical (unpaired) electrons. The van der Waals surface area contributed by atoms with Crippen molar-refractivity contribution >= 4 is 11.8 Å². The average Bonchev–Trinajstić information content (AvgIpc) is 3.43. The average molecular weight is 460 g/mol. The Morgan fingerprint density at radius 1 is 1.00 bits per heavy atom. The van der Waals surface area contributed by atoms with Gasteiger partial charge in [0.1, 0.15) is 0 Å². The van der Waals surface area contributed by atoms with Crippen molar-refractivity contribution in [3.8, 4) is 28.7 Å². The van der Waals surface area contributed by atoms with Crippen molar-refractivity contribution in [1.82, 2.24) is 29.5 Å². The second kappa shape index (κ2) is 8.12. The van der Waals surface area contributed by atoms with E-state index in [-0.39, 0.29) is 24.5 Å². The Morgan fingerprint density at radius 3 is 2.53 bits per heavy atom. The predicted molar refractivity (Wildman–Crippen MR) is 121 cm³/mol. The van der Waals surface area contributed by atoms with Crippen molar-refractivity contribution in [3.05, 3.63) is 47.9 Å². The van der Waals surface area contributed by atoms with Crippen molar-refractivity contribution in [1.29, 1.82) is 0 Å². The molecular formula is C24H24N6O4. The minimum atomic E-state index is -0.0525. The van der Waals surface area contributed by atoms with Crippen LogP contribution in [0.1, 0.15) is 41.7 Å². The highest BCUT2D eigenvalue weighted by Crippen LogP contribution is 2.42. The third-order valence-electron chi connectivity index (χ3n) is 6.51. The van der Waals surface area contributed by atoms with Crippen LogP contribution >= 0.6 is 0 Å². The number of fused-ring (bicyclic) bond motifs is 1. The van der Waals surface area contributed by atoms with Gasteiger partial charge in [0.05, 0.1) is 23.1 Å². The van der Waals surface area contributed by atoms with Gasteiger partial charge in [-0.3, -0.25) is 9.59 Å². The van der Waals surface area contributed by atoms with E-state index in [0.29, 0.717) is 49.2 Å². The fourth-order valence-electron chi connectivity index (χ4n) is 4.49. The van der Waals surface area contributed by atoms with E-state index in [1.807, 2.05) is 24.3 Å². The molecule has 2 aliphatic heterocycles. The molecule has 2 amide bonds. The summed E-state index contributed by atoms with van der Waals surface area (Å²) in [4.78, 5) is 37.8. The molecule has 2 fully saturated rings. The van der Waals surface area contributed by atoms with Crippen LogP contribution in [-0.4, -0.2) is 74.3 Å². The maximum atomic E-state index is 13.4. The van der Waals surface area contributed by atoms with Gasteiger partial charge in [0.25, 0.3) is 11.9 Å². The Kier molecular flexibility index (Phi) is 4.93. The highest BCUT2D eigenvalue weighted by Gasteiger charge is 2.35. The van der Waals surface area contributed by atoms with Gasteiger partial charge in [-0.2, -0.15) is 5.10 Å². The normalized spacial score (nSPS) is 17.2. The maximum absolute atomic E-state index is 13.4. The van der Waals surface area contributed by atoms with Gasteiger partial charge in [0.15, 0.2) is 11.5 Å². The lowest BCUT2D eigenvalue weighted by atomic mass is 10.1. The number of benzene rings is 1. The summed E-state index contributed by atoms with van der Waals surface area (Å²) < 4.78 is 12.6. The number of carbonyl (C=O) groups is 2. The van der Waals surface area contributed by atoms with Crippen molar-refractivity contribution in [3.63, 3.8) is 0 Å². The van der Waals surface area contributed by atoms with Gasteiger partial charge in [0.2, 0.25) is 12.7 Å². The van der Waals surface area contributed by atoms with Crippen molar-refractivity contribution in [2.75, 3.05) is 33.0 Å². The molecule has 3 aromatic rings. The molecule has 0 spiro atoms. The molecule has 1 aromatic carbocycles. The Bertz CT molecular complexity index is 1280. The number of ether oxygens (including phenoxy) is 2. The van der Waals surface area contributed by atoms with Crippen LogP contribution in [0, 0.1) is 0 Å². The molecule has 0 atom stereocenters. The van der Waals surface area contributed by atoms with Crippen LogP contribution in [-0.2, 0) is 4.79 Å². The first-order chi connectivity index (χ1) is 16.6. The lowest BCUT2D eigenvalue weighted by Crippen LogP contribution is -2.50. The fraction of sp³-hybridized carbons (Fsp3) is 0.375. The van der Waals surface area contributed by atoms with E-state index in [9.17, 15) is 9.59 Å². The molecule has 1 saturated heterocycles. The maximum Gasteiger partial charge on any atom is 0.257 e. The number of nitrogens with zero attached hydrogens (tertiary/aromatic N) is 6. The zero-order chi connectivity index (χ0) is 23.2. The lowest BCUT2D eigenvalue weighted by Gasteiger charge is -2.34. The summed E-state index contributed by atoms with van der Waals surface area (Å²) in [6, 6.07) is 7.53. The molecule has 2 aromatic heterocycles. The summed E-state index contributed by atoms with van der Waals surface area (Å²) in [6.07, 6.45) is 5.34. The first kappa shape index (κ1) is 20.6. The Hall–Kier alpha value is -3.95. The standard InChI is InChI=1S/C24H24N6O4/c1-15(31)28-8-10-29(11-9-28)23(32)18-13-26-30(22(18)16-2-3-16)24-25-7-6-19(27-24)17-4-5-20-21(12-17)34-14-33-20/h4-7,12-13,16H,2-3,8-11,14H2,1H3. The van der Waals surface area contributed by atoms with Crippen molar-refractivity contribution in [2.45, 2.75) is 25.7 Å². The predicted octanol–water partition coefficient (Wildman–Crippen LogP) is 2.24. The van der Waals surface area contributed by atoms with Crippen LogP contribution in [0.4, 0.5) is 0 Å². The van der Waals surface area contributed by atoms with Crippen LogP contribution in [0.25, 0.3) is 17.2 Å². The third kappa shape index (κ3) is 3.64. The van der Waals surface area contributed by atoms with Gasteiger partial charge >= 0.3 is 0 Å². The summed E-state index contributed by atoms with van der Waals surface area (Å²) in [5.74, 6) is 2.08. The molecule has 1 saturated carbocycles. The van der Waals surface area contributed by atoms with Gasteiger partial charge in [0, 0.05) is 50.8 Å². The van der Waals surface area contributed by atoms with Crippen LogP contribution < -0.4 is 9.47 Å². The molecule has 10 heteroatoms. The Balaban J connectivity index is 1.30. The number of hydrogen-bond donors (Lipinski definition) is 0. The van der Waals surface area contributed by atoms with Crippen LogP contribution in [0.3, 0.4) is 0 Å². The summed E-state index contributed by atoms with van der Waals surface area (Å²) in [5, 5.41) is 4.53. The number of piperazine rings is 1. The highest BCUT2D eigenvalue weighted by molar-refractivity contribution is 5.95. The number of amides is 2. The van der Waals surface area contributed by atoms with Crippen molar-refractivity contribution in [2.24, 2.45) is 0 Å². The minimum absolute atomic E-state index is 0.0399. The molecule has 174 valence electrons. The minimum Gasteiger partial charge on any atom is -0.454 e. The largest absolute Gasteiger partial charge is 0.454 e. The zero-order valence-corrected chi connectivity index (χ0v) is 18.8. The molecule has 4 heterocycles. The second-order valence-corrected chi connectivity index (χ2v) is 8.74. The molecule has 3 aliphatic rings. The van der Waals surface area contributed by atoms with Crippen LogP contribution in [0.5, 0.6) is 11.5 Å². The molecular weight excluding hydrogens is 436 g/mol. The first-order valence-electron chi connectivity index (χ1n) is 11.4. The van der Waals surface area contributed by atoms with E-state index < -0.39 is 0 Å². The van der Waals surface area contributed by atoms with E-state index >= 15 is 0 Å². The lowest BCUT2D eigenvalue weighted by molar-refractivity contribution is -0.130. The van der Waals surface area contributed by atoms with Gasteiger partial charge in [-0.15, -0.1) is 0 Å². The van der Waals surface area contributed by atoms with Gasteiger partial charge in [-0.1, -0.05) is 0 Å². The fourth-order valence-corrected chi connectivity index (χ4v) is 4.49. The molecule has 0 N–H and O–H groups in total. The topological polar surface area (TPSA) is 103 Å². The Labute approximate surface area is 196 Å². The second-order valence-electron chi connectivity index (χ2n) is 8.74. The smallest absolute Gasteiger partial charge is 0.257 e. The quantitative estimate of drug-likeness (QED) is 0.588. The summed E-state index contributed by atoms with van der Waals surface area (Å²) in [7, 11) is 0. The van der Waals surface area contributed by atoms with Gasteiger partial charge < -0.3 is 19.3 Å². The van der Waals surface area contributed by atoms with E-state index in [4.69, 9.17) is 14.5 Å². The molecule has 10 nitrogen and oxygen atoms in total. The third-order valence-corrected chi connectivity index (χ3v) is 6.51. The van der Waals surface area contributed by atoms with Gasteiger partial charge in [-0.05, 0) is 37.1 Å². The van der Waals surface area contributed by atoms with E-state index in [1.165, 1.54) is 0 Å². The van der Waals surface area contributed by atoms with Crippen LogP contribution in [0.2, 0.25) is 0 Å². The van der Waals surface area contributed by atoms with Gasteiger partial charge in [-0.25, -0.2) is 14.6 Å².